The molecule has 1 aliphatic heterocycles. The third-order valence-corrected chi connectivity index (χ3v) is 6.28. The Morgan fingerprint density at radius 3 is 2.17 bits per heavy atom. The molecule has 2 aromatic carbocycles. The van der Waals surface area contributed by atoms with E-state index < -0.39 is 27.9 Å². The van der Waals surface area contributed by atoms with Gasteiger partial charge in [-0.2, -0.15) is 0 Å². The van der Waals surface area contributed by atoms with Crippen LogP contribution < -0.4 is 10.0 Å². The summed E-state index contributed by atoms with van der Waals surface area (Å²) < 4.78 is 22.9. The first kappa shape index (κ1) is 20.2. The van der Waals surface area contributed by atoms with Crippen molar-refractivity contribution in [1.29, 1.82) is 0 Å². The van der Waals surface area contributed by atoms with Gasteiger partial charge in [-0.3, -0.25) is 14.4 Å². The van der Waals surface area contributed by atoms with E-state index in [1.54, 1.807) is 12.1 Å². The quantitative estimate of drug-likeness (QED) is 0.727. The van der Waals surface area contributed by atoms with Crippen LogP contribution in [-0.2, 0) is 19.6 Å². The lowest BCUT2D eigenvalue weighted by molar-refractivity contribution is -0.122. The molecule has 1 atom stereocenters. The van der Waals surface area contributed by atoms with Gasteiger partial charge in [-0.05, 0) is 56.2 Å². The van der Waals surface area contributed by atoms with Gasteiger partial charge < -0.3 is 4.90 Å². The lowest BCUT2D eigenvalue weighted by Crippen LogP contribution is -2.46. The maximum absolute atomic E-state index is 13.1. The second kappa shape index (κ2) is 7.33. The van der Waals surface area contributed by atoms with Crippen molar-refractivity contribution in [3.63, 3.8) is 0 Å². The fourth-order valence-corrected chi connectivity index (χ4v) is 4.16. The van der Waals surface area contributed by atoms with Gasteiger partial charge in [0.25, 0.3) is 11.8 Å². The number of carbonyl (C=O) groups is 3. The summed E-state index contributed by atoms with van der Waals surface area (Å²) in [6, 6.07) is 11.4. The third kappa shape index (κ3) is 3.73. The number of rotatable bonds is 5. The summed E-state index contributed by atoms with van der Waals surface area (Å²) in [6.45, 7) is 1.92. The summed E-state index contributed by atoms with van der Waals surface area (Å²) in [5.74, 6) is -1.19. The summed E-state index contributed by atoms with van der Waals surface area (Å²) in [7, 11) is -3.88. The topological polar surface area (TPSA) is 118 Å². The number of carbonyl (C=O) groups excluding carboxylic acids is 3. The van der Waals surface area contributed by atoms with E-state index in [-0.39, 0.29) is 29.0 Å². The second-order valence-electron chi connectivity index (χ2n) is 7.64. The number of anilines is 1. The lowest BCUT2D eigenvalue weighted by Gasteiger charge is -2.27. The molecule has 2 fully saturated rings. The molecule has 1 saturated heterocycles. The zero-order chi connectivity index (χ0) is 21.6. The van der Waals surface area contributed by atoms with E-state index in [4.69, 9.17) is 5.14 Å². The highest BCUT2D eigenvalue weighted by Gasteiger charge is 2.48. The molecule has 3 amide bonds. The molecule has 0 radical (unpaired) electrons. The molecule has 0 bridgehead atoms. The molecular weight excluding hydrogens is 406 g/mol. The number of primary sulfonamides is 1. The number of nitrogens with two attached hydrogens (primary N) is 1. The first-order valence-electron chi connectivity index (χ1n) is 9.56. The number of sulfonamides is 1. The normalized spacial score (nSPS) is 19.3. The summed E-state index contributed by atoms with van der Waals surface area (Å²) in [5, 5.41) is 5.10. The maximum Gasteiger partial charge on any atom is 0.257 e. The van der Waals surface area contributed by atoms with Crippen LogP contribution in [0.4, 0.5) is 5.69 Å². The highest BCUT2D eigenvalue weighted by atomic mass is 32.2. The van der Waals surface area contributed by atoms with Crippen LogP contribution in [0.5, 0.6) is 0 Å². The molecule has 1 heterocycles. The molecule has 4 rings (SSSR count). The molecule has 0 spiro atoms. The Balaban J connectivity index is 1.62. The molecule has 1 unspecified atom stereocenters. The molecule has 2 aromatic rings. The molecule has 2 aliphatic rings. The Morgan fingerprint density at radius 1 is 1.03 bits per heavy atom. The number of hydrogen-bond donors (Lipinski definition) is 1. The second-order valence-corrected chi connectivity index (χ2v) is 9.20. The van der Waals surface area contributed by atoms with Crippen molar-refractivity contribution in [1.82, 2.24) is 4.90 Å². The molecule has 1 aliphatic carbocycles. The van der Waals surface area contributed by atoms with Crippen LogP contribution in [0.3, 0.4) is 0 Å². The maximum atomic E-state index is 13.1. The first-order valence-corrected chi connectivity index (χ1v) is 11.1. The van der Waals surface area contributed by atoms with Crippen LogP contribution in [0.1, 0.15) is 35.2 Å². The molecule has 1 saturated carbocycles. The Morgan fingerprint density at radius 2 is 1.63 bits per heavy atom. The van der Waals surface area contributed by atoms with Crippen molar-refractivity contribution in [2.24, 2.45) is 5.14 Å². The summed E-state index contributed by atoms with van der Waals surface area (Å²) in [5.41, 5.74) is 1.74. The Hall–Kier alpha value is -3.04. The third-order valence-electron chi connectivity index (χ3n) is 5.36. The zero-order valence-electron chi connectivity index (χ0n) is 16.3. The van der Waals surface area contributed by atoms with Crippen molar-refractivity contribution < 1.29 is 22.8 Å². The molecule has 156 valence electrons. The van der Waals surface area contributed by atoms with Crippen LogP contribution in [0.2, 0.25) is 0 Å². The average molecular weight is 427 g/mol. The molecular formula is C21H21N3O5S. The molecule has 9 heteroatoms. The van der Waals surface area contributed by atoms with Crippen LogP contribution >= 0.6 is 0 Å². The van der Waals surface area contributed by atoms with Gasteiger partial charge in [0.15, 0.2) is 0 Å². The first-order chi connectivity index (χ1) is 14.2. The Kier molecular flexibility index (Phi) is 4.95. The van der Waals surface area contributed by atoms with E-state index in [0.717, 1.165) is 23.3 Å². The lowest BCUT2D eigenvalue weighted by atomic mass is 10.1. The monoisotopic (exact) mass is 427 g/mol. The van der Waals surface area contributed by atoms with Gasteiger partial charge in [0.05, 0.1) is 17.0 Å². The molecule has 30 heavy (non-hydrogen) atoms. The van der Waals surface area contributed by atoms with Crippen LogP contribution in [-0.4, -0.2) is 43.1 Å². The smallest absolute Gasteiger partial charge is 0.257 e. The molecule has 0 aromatic heterocycles. The number of benzene rings is 2. The molecule has 2 N–H and O–H groups in total. The number of imide groups is 1. The number of hydrogen-bond acceptors (Lipinski definition) is 5. The van der Waals surface area contributed by atoms with Crippen LogP contribution in [0.15, 0.2) is 53.4 Å². The van der Waals surface area contributed by atoms with Gasteiger partial charge in [-0.25, -0.2) is 18.5 Å². The van der Waals surface area contributed by atoms with Crippen molar-refractivity contribution in [2.45, 2.75) is 43.2 Å². The Bertz CT molecular complexity index is 1120. The van der Waals surface area contributed by atoms with E-state index >= 15 is 0 Å². The van der Waals surface area contributed by atoms with E-state index in [1.165, 1.54) is 29.2 Å². The number of amides is 3. The van der Waals surface area contributed by atoms with E-state index in [2.05, 4.69) is 0 Å². The summed E-state index contributed by atoms with van der Waals surface area (Å²) >= 11 is 0. The van der Waals surface area contributed by atoms with Crippen molar-refractivity contribution in [2.75, 3.05) is 4.90 Å². The number of aryl methyl sites for hydroxylation is 1. The van der Waals surface area contributed by atoms with E-state index in [1.807, 2.05) is 19.1 Å². The average Bonchev–Trinajstić information content (AvgIpc) is 3.48. The predicted molar refractivity (Wildman–Crippen MR) is 109 cm³/mol. The molecule has 8 nitrogen and oxygen atoms in total. The minimum absolute atomic E-state index is 0.0646. The Labute approximate surface area is 174 Å². The minimum atomic E-state index is -3.88. The standard InChI is InChI=1S/C21H21N3O5S/c1-13-2-4-14(5-3-13)20(26)23(15-6-7-15)18-12-19(25)24(21(18)27)16-8-10-17(11-9-16)30(22,28)29/h2-5,8-11,15,18H,6-7,12H2,1H3,(H2,22,28,29). The fourth-order valence-electron chi connectivity index (χ4n) is 3.65. The van der Waals surface area contributed by atoms with Crippen LogP contribution in [0, 0.1) is 6.92 Å². The van der Waals surface area contributed by atoms with E-state index in [9.17, 15) is 22.8 Å². The van der Waals surface area contributed by atoms with Gasteiger partial charge in [-0.15, -0.1) is 0 Å². The minimum Gasteiger partial charge on any atom is -0.323 e. The fraction of sp³-hybridized carbons (Fsp3) is 0.286. The highest BCUT2D eigenvalue weighted by molar-refractivity contribution is 7.89. The van der Waals surface area contributed by atoms with Gasteiger partial charge in [0.1, 0.15) is 6.04 Å². The van der Waals surface area contributed by atoms with Gasteiger partial charge in [0.2, 0.25) is 15.9 Å². The van der Waals surface area contributed by atoms with Gasteiger partial charge in [-0.1, -0.05) is 17.7 Å². The van der Waals surface area contributed by atoms with E-state index in [0.29, 0.717) is 5.56 Å². The van der Waals surface area contributed by atoms with Crippen LogP contribution in [0.25, 0.3) is 0 Å². The predicted octanol–water partition coefficient (Wildman–Crippen LogP) is 1.58. The van der Waals surface area contributed by atoms with Crippen molar-refractivity contribution >= 4 is 33.4 Å². The summed E-state index contributed by atoms with van der Waals surface area (Å²) in [6.07, 6.45) is 1.47. The van der Waals surface area contributed by atoms with Crippen molar-refractivity contribution in [3.05, 3.63) is 59.7 Å². The van der Waals surface area contributed by atoms with Gasteiger partial charge in [0, 0.05) is 11.6 Å². The number of nitrogens with zero attached hydrogens (tertiary/aromatic N) is 2. The largest absolute Gasteiger partial charge is 0.323 e. The van der Waals surface area contributed by atoms with Gasteiger partial charge >= 0.3 is 0 Å². The SMILES string of the molecule is Cc1ccc(C(=O)N(C2CC2)C2CC(=O)N(c3ccc(S(N)(=O)=O)cc3)C2=O)cc1. The highest BCUT2D eigenvalue weighted by Crippen LogP contribution is 2.35. The van der Waals surface area contributed by atoms with Crippen molar-refractivity contribution in [3.8, 4) is 0 Å². The zero-order valence-corrected chi connectivity index (χ0v) is 17.1. The summed E-state index contributed by atoms with van der Waals surface area (Å²) in [4.78, 5) is 41.3.